The maximum Gasteiger partial charge on any atom is 0.273 e. The maximum absolute atomic E-state index is 12.4. The van der Waals surface area contributed by atoms with Gasteiger partial charge in [-0.3, -0.25) is 9.48 Å². The minimum Gasteiger partial charge on any atom is -0.346 e. The molecule has 3 rings (SSSR count). The zero-order valence-electron chi connectivity index (χ0n) is 14.5. The van der Waals surface area contributed by atoms with Gasteiger partial charge in [0.2, 0.25) is 0 Å². The molecule has 25 heavy (non-hydrogen) atoms. The maximum atomic E-state index is 12.4. The Kier molecular flexibility index (Phi) is 4.90. The van der Waals surface area contributed by atoms with Crippen LogP contribution in [-0.2, 0) is 13.1 Å². The van der Waals surface area contributed by atoms with Crippen molar-refractivity contribution in [3.8, 4) is 5.69 Å². The van der Waals surface area contributed by atoms with Gasteiger partial charge in [-0.15, -0.1) is 0 Å². The Labute approximate surface area is 151 Å². The van der Waals surface area contributed by atoms with Crippen LogP contribution in [0.15, 0.2) is 36.5 Å². The first-order valence-corrected chi connectivity index (χ1v) is 8.50. The first kappa shape index (κ1) is 17.2. The summed E-state index contributed by atoms with van der Waals surface area (Å²) in [4.78, 5) is 12.4. The van der Waals surface area contributed by atoms with Gasteiger partial charge in [0.15, 0.2) is 5.69 Å². The molecule has 0 aliphatic rings. The van der Waals surface area contributed by atoms with Gasteiger partial charge in [-0.05, 0) is 32.9 Å². The molecule has 130 valence electrons. The van der Waals surface area contributed by atoms with Gasteiger partial charge in [0, 0.05) is 30.5 Å². The monoisotopic (exact) mass is 357 g/mol. The second kappa shape index (κ2) is 7.11. The summed E-state index contributed by atoms with van der Waals surface area (Å²) >= 11 is 6.09. The molecule has 2 aromatic heterocycles. The molecular weight excluding hydrogens is 338 g/mol. The molecule has 0 spiro atoms. The number of halogens is 1. The summed E-state index contributed by atoms with van der Waals surface area (Å²) in [6.07, 6.45) is 1.65. The minimum absolute atomic E-state index is 0.245. The Balaban J connectivity index is 1.78. The van der Waals surface area contributed by atoms with Crippen LogP contribution in [0.5, 0.6) is 0 Å². The number of hydrogen-bond acceptors (Lipinski definition) is 3. The molecule has 0 aliphatic heterocycles. The van der Waals surface area contributed by atoms with Gasteiger partial charge in [0.25, 0.3) is 5.91 Å². The van der Waals surface area contributed by atoms with Crippen molar-refractivity contribution in [1.29, 1.82) is 0 Å². The number of para-hydroxylation sites is 1. The number of carbonyl (C=O) groups is 1. The summed E-state index contributed by atoms with van der Waals surface area (Å²) in [5.74, 6) is -0.288. The Morgan fingerprint density at radius 1 is 1.20 bits per heavy atom. The van der Waals surface area contributed by atoms with E-state index in [-0.39, 0.29) is 11.6 Å². The lowest BCUT2D eigenvalue weighted by atomic mass is 10.2. The summed E-state index contributed by atoms with van der Waals surface area (Å²) in [6, 6.07) is 9.91. The molecule has 0 aliphatic carbocycles. The largest absolute Gasteiger partial charge is 0.346 e. The highest BCUT2D eigenvalue weighted by atomic mass is 35.5. The Morgan fingerprint density at radius 2 is 1.92 bits per heavy atom. The van der Waals surface area contributed by atoms with E-state index in [1.54, 1.807) is 10.9 Å². The van der Waals surface area contributed by atoms with Gasteiger partial charge in [0.05, 0.1) is 16.4 Å². The molecule has 3 aromatic rings. The Morgan fingerprint density at radius 3 is 2.56 bits per heavy atom. The van der Waals surface area contributed by atoms with E-state index < -0.39 is 0 Å². The van der Waals surface area contributed by atoms with Gasteiger partial charge >= 0.3 is 0 Å². The third-order valence-electron chi connectivity index (χ3n) is 4.12. The van der Waals surface area contributed by atoms with E-state index in [0.29, 0.717) is 18.1 Å². The lowest BCUT2D eigenvalue weighted by Crippen LogP contribution is -2.24. The molecule has 0 saturated heterocycles. The fourth-order valence-electron chi connectivity index (χ4n) is 2.72. The standard InChI is InChI=1S/C18H20ClN5O/c1-4-23-11-16(19)17(22-23)18(25)20-10-15-12(2)21-24(13(15)3)14-8-6-5-7-9-14/h5-9,11H,4,10H2,1-3H3,(H,20,25). The number of hydrogen-bond donors (Lipinski definition) is 1. The molecule has 2 heterocycles. The van der Waals surface area contributed by atoms with E-state index in [4.69, 9.17) is 11.6 Å². The van der Waals surface area contributed by atoms with Crippen LogP contribution in [0.4, 0.5) is 0 Å². The van der Waals surface area contributed by atoms with Crippen molar-refractivity contribution in [1.82, 2.24) is 24.9 Å². The minimum atomic E-state index is -0.288. The normalized spacial score (nSPS) is 10.9. The van der Waals surface area contributed by atoms with E-state index in [1.807, 2.05) is 55.8 Å². The number of nitrogens with one attached hydrogen (secondary N) is 1. The molecule has 0 saturated carbocycles. The van der Waals surface area contributed by atoms with E-state index in [0.717, 1.165) is 22.6 Å². The van der Waals surface area contributed by atoms with Crippen LogP contribution in [-0.4, -0.2) is 25.5 Å². The summed E-state index contributed by atoms with van der Waals surface area (Å²) in [7, 11) is 0. The van der Waals surface area contributed by atoms with Crippen LogP contribution in [0.25, 0.3) is 5.69 Å². The highest BCUT2D eigenvalue weighted by Crippen LogP contribution is 2.18. The second-order valence-corrected chi connectivity index (χ2v) is 6.17. The smallest absolute Gasteiger partial charge is 0.273 e. The second-order valence-electron chi connectivity index (χ2n) is 5.76. The van der Waals surface area contributed by atoms with Gasteiger partial charge in [-0.25, -0.2) is 4.68 Å². The molecule has 1 N–H and O–H groups in total. The van der Waals surface area contributed by atoms with Crippen LogP contribution in [0.2, 0.25) is 5.02 Å². The lowest BCUT2D eigenvalue weighted by Gasteiger charge is -2.06. The number of nitrogens with zero attached hydrogens (tertiary/aromatic N) is 4. The van der Waals surface area contributed by atoms with Gasteiger partial charge in [-0.2, -0.15) is 10.2 Å². The van der Waals surface area contributed by atoms with Crippen molar-refractivity contribution in [3.63, 3.8) is 0 Å². The molecule has 0 bridgehead atoms. The SMILES string of the molecule is CCn1cc(Cl)c(C(=O)NCc2c(C)nn(-c3ccccc3)c2C)n1. The van der Waals surface area contributed by atoms with Crippen LogP contribution >= 0.6 is 11.6 Å². The van der Waals surface area contributed by atoms with Gasteiger partial charge in [0.1, 0.15) is 0 Å². The van der Waals surface area contributed by atoms with Gasteiger partial charge in [-0.1, -0.05) is 29.8 Å². The molecule has 7 heteroatoms. The number of benzene rings is 1. The third-order valence-corrected chi connectivity index (χ3v) is 4.40. The fraction of sp³-hybridized carbons (Fsp3) is 0.278. The molecule has 6 nitrogen and oxygen atoms in total. The number of aryl methyl sites for hydroxylation is 2. The summed E-state index contributed by atoms with van der Waals surface area (Å²) < 4.78 is 3.52. The van der Waals surface area contributed by atoms with Crippen molar-refractivity contribution >= 4 is 17.5 Å². The topological polar surface area (TPSA) is 64.7 Å². The van der Waals surface area contributed by atoms with Crippen molar-refractivity contribution in [2.24, 2.45) is 0 Å². The first-order valence-electron chi connectivity index (χ1n) is 8.13. The van der Waals surface area contributed by atoms with Crippen molar-refractivity contribution in [2.75, 3.05) is 0 Å². The zero-order chi connectivity index (χ0) is 18.0. The molecule has 0 atom stereocenters. The summed E-state index contributed by atoms with van der Waals surface area (Å²) in [5.41, 5.74) is 4.10. The molecule has 1 amide bonds. The van der Waals surface area contributed by atoms with Gasteiger partial charge < -0.3 is 5.32 Å². The zero-order valence-corrected chi connectivity index (χ0v) is 15.2. The van der Waals surface area contributed by atoms with E-state index >= 15 is 0 Å². The number of rotatable bonds is 5. The highest BCUT2D eigenvalue weighted by molar-refractivity contribution is 6.33. The quantitative estimate of drug-likeness (QED) is 0.762. The Hall–Kier alpha value is -2.60. The van der Waals surface area contributed by atoms with Crippen molar-refractivity contribution in [3.05, 3.63) is 64.2 Å². The molecular formula is C18H20ClN5O. The third kappa shape index (κ3) is 3.44. The summed E-state index contributed by atoms with van der Waals surface area (Å²) in [6.45, 7) is 6.91. The number of amides is 1. The van der Waals surface area contributed by atoms with Crippen molar-refractivity contribution in [2.45, 2.75) is 33.9 Å². The fourth-order valence-corrected chi connectivity index (χ4v) is 2.95. The van der Waals surface area contributed by atoms with Crippen LogP contribution < -0.4 is 5.32 Å². The molecule has 0 radical (unpaired) electrons. The average Bonchev–Trinajstić information content (AvgIpc) is 3.13. The van der Waals surface area contributed by atoms with Crippen LogP contribution in [0.1, 0.15) is 34.4 Å². The predicted molar refractivity (Wildman–Crippen MR) is 97.1 cm³/mol. The van der Waals surface area contributed by atoms with E-state index in [2.05, 4.69) is 15.5 Å². The lowest BCUT2D eigenvalue weighted by molar-refractivity contribution is 0.0945. The first-order chi connectivity index (χ1) is 12.0. The van der Waals surface area contributed by atoms with Crippen molar-refractivity contribution < 1.29 is 4.79 Å². The average molecular weight is 358 g/mol. The molecule has 0 unspecified atom stereocenters. The van der Waals surface area contributed by atoms with E-state index in [9.17, 15) is 4.79 Å². The molecule has 0 fully saturated rings. The summed E-state index contributed by atoms with van der Waals surface area (Å²) in [5, 5.41) is 12.0. The number of aromatic nitrogens is 4. The van der Waals surface area contributed by atoms with Crippen LogP contribution in [0, 0.1) is 13.8 Å². The Bertz CT molecular complexity index is 898. The predicted octanol–water partition coefficient (Wildman–Crippen LogP) is 3.29. The number of carbonyl (C=O) groups excluding carboxylic acids is 1. The highest BCUT2D eigenvalue weighted by Gasteiger charge is 2.17. The van der Waals surface area contributed by atoms with E-state index in [1.165, 1.54) is 0 Å². The molecule has 1 aromatic carbocycles. The van der Waals surface area contributed by atoms with Crippen LogP contribution in [0.3, 0.4) is 0 Å².